The Labute approximate surface area is 151 Å². The first kappa shape index (κ1) is 15.7. The first-order valence-electron chi connectivity index (χ1n) is 7.05. The number of amides is 1. The molecule has 2 aromatic rings. The van der Waals surface area contributed by atoms with Crippen LogP contribution in [-0.2, 0) is 0 Å². The minimum absolute atomic E-state index is 0.113. The van der Waals surface area contributed by atoms with E-state index >= 15 is 0 Å². The van der Waals surface area contributed by atoms with Crippen molar-refractivity contribution < 1.29 is 4.79 Å². The molecule has 6 heteroatoms. The van der Waals surface area contributed by atoms with Gasteiger partial charge in [-0.05, 0) is 68.9 Å². The second-order valence-corrected chi connectivity index (χ2v) is 7.29. The Bertz CT molecular complexity index is 669. The van der Waals surface area contributed by atoms with Crippen molar-refractivity contribution in [2.24, 2.45) is 0 Å². The van der Waals surface area contributed by atoms with Crippen molar-refractivity contribution in [3.05, 3.63) is 56.2 Å². The summed E-state index contributed by atoms with van der Waals surface area (Å²) >= 11 is 5.63. The summed E-state index contributed by atoms with van der Waals surface area (Å²) in [5.41, 5.74) is 0.766. The van der Waals surface area contributed by atoms with Gasteiger partial charge in [0.25, 0.3) is 5.91 Å². The van der Waals surface area contributed by atoms with Gasteiger partial charge < -0.3 is 9.80 Å². The van der Waals surface area contributed by atoms with Crippen molar-refractivity contribution in [2.75, 3.05) is 31.1 Å². The van der Waals surface area contributed by atoms with E-state index in [0.717, 1.165) is 45.6 Å². The van der Waals surface area contributed by atoms with Gasteiger partial charge in [-0.1, -0.05) is 6.07 Å². The minimum Gasteiger partial charge on any atom is -0.353 e. The van der Waals surface area contributed by atoms with E-state index in [2.05, 4.69) is 48.4 Å². The average Bonchev–Trinajstić information content (AvgIpc) is 2.55. The highest BCUT2D eigenvalue weighted by atomic mass is 127. The number of benzene rings is 1. The summed E-state index contributed by atoms with van der Waals surface area (Å²) in [5, 5.41) is 0. The molecule has 1 aliphatic heterocycles. The van der Waals surface area contributed by atoms with Gasteiger partial charge in [0.2, 0.25) is 0 Å². The van der Waals surface area contributed by atoms with Crippen LogP contribution < -0.4 is 4.90 Å². The summed E-state index contributed by atoms with van der Waals surface area (Å²) in [4.78, 5) is 21.1. The molecule has 0 atom stereocenters. The van der Waals surface area contributed by atoms with E-state index in [1.807, 2.05) is 41.3 Å². The fraction of sp³-hybridized carbons (Fsp3) is 0.250. The number of pyridine rings is 1. The van der Waals surface area contributed by atoms with Crippen LogP contribution >= 0.6 is 38.5 Å². The highest BCUT2D eigenvalue weighted by molar-refractivity contribution is 14.1. The molecule has 0 spiro atoms. The maximum Gasteiger partial charge on any atom is 0.254 e. The van der Waals surface area contributed by atoms with Crippen LogP contribution in [0.5, 0.6) is 0 Å². The maximum atomic E-state index is 12.5. The predicted octanol–water partition coefficient (Wildman–Crippen LogP) is 3.41. The van der Waals surface area contributed by atoms with Crippen LogP contribution in [0.3, 0.4) is 0 Å². The lowest BCUT2D eigenvalue weighted by Crippen LogP contribution is -2.49. The first-order chi connectivity index (χ1) is 10.6. The minimum atomic E-state index is 0.113. The molecule has 1 saturated heterocycles. The van der Waals surface area contributed by atoms with Gasteiger partial charge in [-0.2, -0.15) is 0 Å². The second-order valence-electron chi connectivity index (χ2n) is 5.12. The summed E-state index contributed by atoms with van der Waals surface area (Å²) in [7, 11) is 0. The zero-order valence-electron chi connectivity index (χ0n) is 11.9. The van der Waals surface area contributed by atoms with Crippen molar-refractivity contribution in [3.8, 4) is 0 Å². The number of carbonyl (C=O) groups is 1. The fourth-order valence-electron chi connectivity index (χ4n) is 2.50. The topological polar surface area (TPSA) is 36.4 Å². The molecule has 3 rings (SSSR count). The monoisotopic (exact) mass is 471 g/mol. The van der Waals surface area contributed by atoms with Crippen LogP contribution in [-0.4, -0.2) is 42.0 Å². The van der Waals surface area contributed by atoms with Gasteiger partial charge in [0.15, 0.2) is 0 Å². The third-order valence-corrected chi connectivity index (χ3v) is 4.81. The third kappa shape index (κ3) is 3.60. The molecule has 2 heterocycles. The Morgan fingerprint density at radius 1 is 1.14 bits per heavy atom. The lowest BCUT2D eigenvalue weighted by molar-refractivity contribution is 0.0746. The van der Waals surface area contributed by atoms with Gasteiger partial charge in [0.05, 0.1) is 0 Å². The van der Waals surface area contributed by atoms with Crippen molar-refractivity contribution >= 4 is 50.2 Å². The predicted molar refractivity (Wildman–Crippen MR) is 99.2 cm³/mol. The van der Waals surface area contributed by atoms with Gasteiger partial charge in [0.1, 0.15) is 5.82 Å². The van der Waals surface area contributed by atoms with Gasteiger partial charge in [-0.3, -0.25) is 4.79 Å². The van der Waals surface area contributed by atoms with Crippen LogP contribution in [0.25, 0.3) is 0 Å². The Hall–Kier alpha value is -1.15. The molecule has 0 unspecified atom stereocenters. The lowest BCUT2D eigenvalue weighted by Gasteiger charge is -2.35. The molecule has 1 amide bonds. The molecule has 1 aromatic heterocycles. The number of piperazine rings is 1. The van der Waals surface area contributed by atoms with Crippen molar-refractivity contribution in [1.82, 2.24) is 9.88 Å². The van der Waals surface area contributed by atoms with E-state index in [1.165, 1.54) is 0 Å². The molecular formula is C16H15BrIN3O. The Morgan fingerprint density at radius 3 is 2.55 bits per heavy atom. The molecule has 0 saturated carbocycles. The smallest absolute Gasteiger partial charge is 0.254 e. The molecule has 0 aliphatic carbocycles. The van der Waals surface area contributed by atoms with Crippen LogP contribution in [0.2, 0.25) is 0 Å². The van der Waals surface area contributed by atoms with E-state index in [-0.39, 0.29) is 5.91 Å². The zero-order valence-corrected chi connectivity index (χ0v) is 15.6. The van der Waals surface area contributed by atoms with E-state index in [4.69, 9.17) is 0 Å². The molecule has 4 nitrogen and oxygen atoms in total. The molecule has 1 fully saturated rings. The number of halogens is 2. The quantitative estimate of drug-likeness (QED) is 0.630. The maximum absolute atomic E-state index is 12.5. The highest BCUT2D eigenvalue weighted by Crippen LogP contribution is 2.18. The normalized spacial score (nSPS) is 15.0. The third-order valence-electron chi connectivity index (χ3n) is 3.67. The molecule has 1 aromatic carbocycles. The first-order valence-corrected chi connectivity index (χ1v) is 8.92. The van der Waals surface area contributed by atoms with E-state index in [1.54, 1.807) is 6.20 Å². The van der Waals surface area contributed by atoms with Crippen LogP contribution in [0.15, 0.2) is 47.1 Å². The number of anilines is 1. The van der Waals surface area contributed by atoms with Crippen LogP contribution in [0, 0.1) is 3.57 Å². The number of hydrogen-bond acceptors (Lipinski definition) is 3. The van der Waals surface area contributed by atoms with Gasteiger partial charge in [-0.15, -0.1) is 0 Å². The zero-order chi connectivity index (χ0) is 15.5. The Balaban J connectivity index is 1.64. The molecule has 1 aliphatic rings. The number of hydrogen-bond donors (Lipinski definition) is 0. The van der Waals surface area contributed by atoms with Crippen molar-refractivity contribution in [1.29, 1.82) is 0 Å². The standard InChI is InChI=1S/C16H15BrIN3O/c17-13-4-5-15(19-11-13)20-6-8-21(9-7-20)16(22)12-2-1-3-14(18)10-12/h1-5,10-11H,6-9H2. The van der Waals surface area contributed by atoms with Crippen LogP contribution in [0.1, 0.15) is 10.4 Å². The summed E-state index contributed by atoms with van der Waals surface area (Å²) in [6.45, 7) is 3.07. The summed E-state index contributed by atoms with van der Waals surface area (Å²) in [5.74, 6) is 1.08. The van der Waals surface area contributed by atoms with Gasteiger partial charge >= 0.3 is 0 Å². The summed E-state index contributed by atoms with van der Waals surface area (Å²) in [6, 6.07) is 11.7. The number of carbonyl (C=O) groups excluding carboxylic acids is 1. The van der Waals surface area contributed by atoms with E-state index in [0.29, 0.717) is 0 Å². The Morgan fingerprint density at radius 2 is 1.91 bits per heavy atom. The number of rotatable bonds is 2. The van der Waals surface area contributed by atoms with Gasteiger partial charge in [-0.25, -0.2) is 4.98 Å². The average molecular weight is 472 g/mol. The molecule has 0 radical (unpaired) electrons. The van der Waals surface area contributed by atoms with Gasteiger partial charge in [0, 0.05) is 46.0 Å². The van der Waals surface area contributed by atoms with Crippen molar-refractivity contribution in [2.45, 2.75) is 0 Å². The van der Waals surface area contributed by atoms with Crippen LogP contribution in [0.4, 0.5) is 5.82 Å². The largest absolute Gasteiger partial charge is 0.353 e. The second kappa shape index (κ2) is 6.95. The summed E-state index contributed by atoms with van der Waals surface area (Å²) < 4.78 is 2.06. The fourth-order valence-corrected chi connectivity index (χ4v) is 3.28. The molecular weight excluding hydrogens is 457 g/mol. The van der Waals surface area contributed by atoms with Crippen molar-refractivity contribution in [3.63, 3.8) is 0 Å². The molecule has 22 heavy (non-hydrogen) atoms. The molecule has 114 valence electrons. The number of nitrogens with zero attached hydrogens (tertiary/aromatic N) is 3. The highest BCUT2D eigenvalue weighted by Gasteiger charge is 2.22. The SMILES string of the molecule is O=C(c1cccc(I)c1)N1CCN(c2ccc(Br)cn2)CC1. The summed E-state index contributed by atoms with van der Waals surface area (Å²) in [6.07, 6.45) is 1.80. The lowest BCUT2D eigenvalue weighted by atomic mass is 10.2. The van der Waals surface area contributed by atoms with E-state index < -0.39 is 0 Å². The number of aromatic nitrogens is 1. The molecule has 0 N–H and O–H groups in total. The van der Waals surface area contributed by atoms with E-state index in [9.17, 15) is 4.79 Å². The Kier molecular flexibility index (Phi) is 4.97. The molecule has 0 bridgehead atoms.